The first kappa shape index (κ1) is 21.6. The van der Waals surface area contributed by atoms with Gasteiger partial charge in [-0.25, -0.2) is 0 Å². The number of hydrogen-bond donors (Lipinski definition) is 0. The molecule has 3 heteroatoms. The second kappa shape index (κ2) is 12.0. The average molecular weight is 354 g/mol. The predicted molar refractivity (Wildman–Crippen MR) is 107 cm³/mol. The van der Waals surface area contributed by atoms with Crippen molar-refractivity contribution in [3.05, 3.63) is 53.1 Å². The summed E-state index contributed by atoms with van der Waals surface area (Å²) in [4.78, 5) is 11.5. The van der Waals surface area contributed by atoms with Gasteiger partial charge < -0.3 is 9.47 Å². The van der Waals surface area contributed by atoms with E-state index in [4.69, 9.17) is 9.47 Å². The molecule has 1 aromatic carbocycles. The van der Waals surface area contributed by atoms with Gasteiger partial charge in [-0.1, -0.05) is 35.3 Å². The lowest BCUT2D eigenvalue weighted by Crippen LogP contribution is -2.07. The third kappa shape index (κ3) is 8.58. The molecule has 26 heavy (non-hydrogen) atoms. The summed E-state index contributed by atoms with van der Waals surface area (Å²) in [5, 5.41) is 0. The summed E-state index contributed by atoms with van der Waals surface area (Å²) in [5.74, 6) is 6.34. The Hall–Kier alpha value is -2.47. The number of hydrogen-bond acceptors (Lipinski definition) is 3. The van der Waals surface area contributed by atoms with Crippen molar-refractivity contribution in [1.29, 1.82) is 0 Å². The highest BCUT2D eigenvalue weighted by atomic mass is 16.5. The van der Waals surface area contributed by atoms with Crippen LogP contribution in [0.3, 0.4) is 0 Å². The second-order valence-corrected chi connectivity index (χ2v) is 6.48. The molecule has 0 spiro atoms. The Morgan fingerprint density at radius 2 is 1.85 bits per heavy atom. The Morgan fingerprint density at radius 1 is 1.15 bits per heavy atom. The molecule has 1 atom stereocenters. The fourth-order valence-corrected chi connectivity index (χ4v) is 2.44. The molecule has 0 aromatic heterocycles. The van der Waals surface area contributed by atoms with Gasteiger partial charge in [-0.05, 0) is 64.3 Å². The van der Waals surface area contributed by atoms with Gasteiger partial charge in [0.25, 0.3) is 0 Å². The highest BCUT2D eigenvalue weighted by molar-refractivity contribution is 5.71. The number of carbonyl (C=O) groups excluding carboxylic acids is 1. The van der Waals surface area contributed by atoms with E-state index in [0.29, 0.717) is 6.61 Å². The third-order valence-corrected chi connectivity index (χ3v) is 3.97. The minimum absolute atomic E-state index is 0.154. The number of benzene rings is 1. The third-order valence-electron chi connectivity index (χ3n) is 3.97. The lowest BCUT2D eigenvalue weighted by molar-refractivity contribution is -0.140. The number of ether oxygens (including phenoxy) is 2. The van der Waals surface area contributed by atoms with E-state index in [-0.39, 0.29) is 18.3 Å². The van der Waals surface area contributed by atoms with E-state index < -0.39 is 0 Å². The Morgan fingerprint density at radius 3 is 2.42 bits per heavy atom. The van der Waals surface area contributed by atoms with Crippen LogP contribution in [0.15, 0.2) is 47.6 Å². The van der Waals surface area contributed by atoms with Crippen molar-refractivity contribution < 1.29 is 14.3 Å². The van der Waals surface area contributed by atoms with E-state index in [9.17, 15) is 4.79 Å². The van der Waals surface area contributed by atoms with Crippen molar-refractivity contribution in [3.8, 4) is 17.6 Å². The summed E-state index contributed by atoms with van der Waals surface area (Å²) in [5.41, 5.74) is 3.67. The molecule has 0 aliphatic carbocycles. The molecule has 0 saturated heterocycles. The van der Waals surface area contributed by atoms with Crippen molar-refractivity contribution in [2.45, 2.75) is 52.9 Å². The van der Waals surface area contributed by atoms with Gasteiger partial charge in [-0.2, -0.15) is 0 Å². The maximum absolute atomic E-state index is 11.5. The quantitative estimate of drug-likeness (QED) is 0.337. The molecular weight excluding hydrogens is 324 g/mol. The fraction of sp³-hybridized carbons (Fsp3) is 0.435. The van der Waals surface area contributed by atoms with E-state index in [1.165, 1.54) is 18.3 Å². The van der Waals surface area contributed by atoms with Crippen molar-refractivity contribution in [3.63, 3.8) is 0 Å². The van der Waals surface area contributed by atoms with Gasteiger partial charge in [0.1, 0.15) is 12.4 Å². The van der Waals surface area contributed by atoms with Crippen LogP contribution in [0, 0.1) is 11.8 Å². The standard InChI is InChI=1S/C23H30O3/c1-6-8-21(17-23(24)25-5)20-11-13-22(14-12-20)26-16-15-19(4)10-7-9-18(2)3/h9,11-15,21H,7,10,16-17H2,1-5H3/b19-15+. The van der Waals surface area contributed by atoms with E-state index in [2.05, 4.69) is 44.8 Å². The van der Waals surface area contributed by atoms with Gasteiger partial charge in [-0.15, -0.1) is 5.92 Å². The molecule has 0 N–H and O–H groups in total. The van der Waals surface area contributed by atoms with Crippen LogP contribution in [0.4, 0.5) is 0 Å². The number of rotatable bonds is 9. The van der Waals surface area contributed by atoms with Gasteiger partial charge in [0.2, 0.25) is 0 Å². The highest BCUT2D eigenvalue weighted by Crippen LogP contribution is 2.22. The molecule has 0 bridgehead atoms. The smallest absolute Gasteiger partial charge is 0.307 e. The first-order valence-electron chi connectivity index (χ1n) is 8.97. The zero-order chi connectivity index (χ0) is 19.4. The monoisotopic (exact) mass is 354 g/mol. The number of esters is 1. The Bertz CT molecular complexity index is 680. The van der Waals surface area contributed by atoms with Crippen molar-refractivity contribution in [2.24, 2.45) is 0 Å². The molecule has 0 aliphatic rings. The van der Waals surface area contributed by atoms with E-state index in [0.717, 1.165) is 24.2 Å². The minimum atomic E-state index is -0.258. The Balaban J connectivity index is 2.59. The minimum Gasteiger partial charge on any atom is -0.490 e. The highest BCUT2D eigenvalue weighted by Gasteiger charge is 2.14. The van der Waals surface area contributed by atoms with Crippen molar-refractivity contribution in [1.82, 2.24) is 0 Å². The van der Waals surface area contributed by atoms with Crippen LogP contribution in [-0.2, 0) is 9.53 Å². The summed E-state index contributed by atoms with van der Waals surface area (Å²) in [6, 6.07) is 7.75. The van der Waals surface area contributed by atoms with Crippen LogP contribution in [0.25, 0.3) is 0 Å². The van der Waals surface area contributed by atoms with E-state index in [1.807, 2.05) is 24.3 Å². The number of methoxy groups -OCH3 is 1. The van der Waals surface area contributed by atoms with Gasteiger partial charge in [0.15, 0.2) is 0 Å². The molecule has 0 radical (unpaired) electrons. The van der Waals surface area contributed by atoms with Gasteiger partial charge in [-0.3, -0.25) is 4.79 Å². The fourth-order valence-electron chi connectivity index (χ4n) is 2.44. The number of allylic oxidation sites excluding steroid dienone is 3. The summed E-state index contributed by atoms with van der Waals surface area (Å²) in [6.45, 7) is 8.70. The average Bonchev–Trinajstić information content (AvgIpc) is 2.61. The summed E-state index contributed by atoms with van der Waals surface area (Å²) < 4.78 is 10.5. The molecule has 0 aliphatic heterocycles. The number of carbonyl (C=O) groups is 1. The van der Waals surface area contributed by atoms with Crippen molar-refractivity contribution >= 4 is 5.97 Å². The molecule has 0 fully saturated rings. The molecule has 140 valence electrons. The largest absolute Gasteiger partial charge is 0.490 e. The van der Waals surface area contributed by atoms with Crippen LogP contribution >= 0.6 is 0 Å². The SMILES string of the molecule is CC#CC(CC(=O)OC)c1ccc(OC/C=C(\C)CCC=C(C)C)cc1. The van der Waals surface area contributed by atoms with E-state index in [1.54, 1.807) is 6.92 Å². The zero-order valence-corrected chi connectivity index (χ0v) is 16.6. The molecule has 0 saturated carbocycles. The Kier molecular flexibility index (Phi) is 9.94. The van der Waals surface area contributed by atoms with Crippen LogP contribution in [0.5, 0.6) is 5.75 Å². The topological polar surface area (TPSA) is 35.5 Å². The summed E-state index contributed by atoms with van der Waals surface area (Å²) in [6.07, 6.45) is 6.75. The maximum Gasteiger partial charge on any atom is 0.307 e. The molecule has 0 heterocycles. The van der Waals surface area contributed by atoms with Crippen LogP contribution in [0.2, 0.25) is 0 Å². The van der Waals surface area contributed by atoms with E-state index >= 15 is 0 Å². The summed E-state index contributed by atoms with van der Waals surface area (Å²) in [7, 11) is 1.39. The van der Waals surface area contributed by atoms with Crippen molar-refractivity contribution in [2.75, 3.05) is 13.7 Å². The lowest BCUT2D eigenvalue weighted by atomic mass is 9.96. The molecule has 1 aromatic rings. The summed E-state index contributed by atoms with van der Waals surface area (Å²) >= 11 is 0. The second-order valence-electron chi connectivity index (χ2n) is 6.48. The van der Waals surface area contributed by atoms with Gasteiger partial charge in [0.05, 0.1) is 19.4 Å². The molecule has 0 amide bonds. The predicted octanol–water partition coefficient (Wildman–Crippen LogP) is 5.43. The lowest BCUT2D eigenvalue weighted by Gasteiger charge is -2.11. The zero-order valence-electron chi connectivity index (χ0n) is 16.6. The first-order chi connectivity index (χ1) is 12.5. The molecular formula is C23H30O3. The molecule has 1 unspecified atom stereocenters. The van der Waals surface area contributed by atoms with Gasteiger partial charge in [0, 0.05) is 0 Å². The van der Waals surface area contributed by atoms with Gasteiger partial charge >= 0.3 is 5.97 Å². The van der Waals surface area contributed by atoms with Crippen LogP contribution < -0.4 is 4.74 Å². The van der Waals surface area contributed by atoms with Crippen LogP contribution in [0.1, 0.15) is 58.4 Å². The maximum atomic E-state index is 11.5. The molecule has 1 rings (SSSR count). The normalized spacial score (nSPS) is 11.8. The van der Waals surface area contributed by atoms with Crippen LogP contribution in [-0.4, -0.2) is 19.7 Å². The first-order valence-corrected chi connectivity index (χ1v) is 8.97. The molecule has 3 nitrogen and oxygen atoms in total. The Labute approximate surface area is 158 Å².